The Bertz CT molecular complexity index is 4530. The summed E-state index contributed by atoms with van der Waals surface area (Å²) >= 11 is 1.74. The molecule has 0 radical (unpaired) electrons. The molecule has 15 nitrogen and oxygen atoms in total. The zero-order valence-corrected chi connectivity index (χ0v) is 49.1. The van der Waals surface area contributed by atoms with Crippen molar-refractivity contribution in [3.8, 4) is 5.75 Å². The summed E-state index contributed by atoms with van der Waals surface area (Å²) in [7, 11) is -10.4. The van der Waals surface area contributed by atoms with Crippen molar-refractivity contribution in [1.29, 1.82) is 0 Å². The number of aliphatic hydroxyl groups is 1. The molecule has 1 aromatic heterocycles. The number of aromatic hydroxyl groups is 1. The Morgan fingerprint density at radius 3 is 1.54 bits per heavy atom. The number of carbonyl (C=O) groups excluding carboxylic acids is 3. The van der Waals surface area contributed by atoms with Gasteiger partial charge in [0.2, 0.25) is 5.43 Å². The monoisotopic (exact) mass is 1210 g/mol. The van der Waals surface area contributed by atoms with Crippen molar-refractivity contribution in [1.82, 2.24) is 9.58 Å². The Hall–Kier alpha value is -8.72. The van der Waals surface area contributed by atoms with Gasteiger partial charge in [0.25, 0.3) is 5.91 Å². The van der Waals surface area contributed by atoms with E-state index in [-0.39, 0.29) is 67.5 Å². The zero-order valence-electron chi connectivity index (χ0n) is 45.8. The number of carbonyl (C=O) groups is 3. The zero-order chi connectivity index (χ0) is 60.0. The molecule has 0 saturated carbocycles. The lowest BCUT2D eigenvalue weighted by Crippen LogP contribution is -2.57. The van der Waals surface area contributed by atoms with E-state index in [0.717, 1.165) is 32.9 Å². The van der Waals surface area contributed by atoms with E-state index in [9.17, 15) is 54.6 Å². The summed E-state index contributed by atoms with van der Waals surface area (Å²) in [6.45, 7) is 3.84. The minimum atomic E-state index is -3.61. The highest BCUT2D eigenvalue weighted by Crippen LogP contribution is 2.42. The molecule has 5 aliphatic rings. The molecule has 1 amide bonds. The number of fused-ring (bicyclic) bond motifs is 9. The lowest BCUT2D eigenvalue weighted by Gasteiger charge is -2.45. The van der Waals surface area contributed by atoms with Crippen molar-refractivity contribution in [3.05, 3.63) is 289 Å². The van der Waals surface area contributed by atoms with Crippen LogP contribution in [0.25, 0.3) is 0 Å². The first-order valence-electron chi connectivity index (χ1n) is 27.0. The van der Waals surface area contributed by atoms with Gasteiger partial charge in [0.15, 0.2) is 52.5 Å². The molecule has 2 atom stereocenters. The fraction of sp³-hybridized carbons (Fsp3) is 0.152. The third-order valence-electron chi connectivity index (χ3n) is 15.4. The molecule has 2 unspecified atom stereocenters. The van der Waals surface area contributed by atoms with Crippen molar-refractivity contribution >= 4 is 58.7 Å². The number of hydrogen-bond donors (Lipinski definition) is 2. The van der Waals surface area contributed by atoms with Gasteiger partial charge in [0, 0.05) is 56.8 Å². The average molecular weight is 1210 g/mol. The molecule has 14 rings (SSSR count). The molecule has 0 spiro atoms. The SMILES string of the molecule is CC(C)N1CN(C2c3ccccc3CS(=O)(=O)c3ccccc32)n2ccc(=O)c(O)c2C1=O.O=C1c2ccccc2CS(=O)(=O)c2ccccc21.O=C1c2ccccc2CSc2ccccc21.O=S1(=O)Cc2ccccc2C(O)c2ccccc21. The summed E-state index contributed by atoms with van der Waals surface area (Å²) in [4.78, 5) is 53.3. The maximum Gasteiger partial charge on any atom is 0.278 e. The van der Waals surface area contributed by atoms with Gasteiger partial charge in [-0.1, -0.05) is 158 Å². The highest BCUT2D eigenvalue weighted by Gasteiger charge is 2.41. The number of amides is 1. The van der Waals surface area contributed by atoms with Crippen LogP contribution in [-0.2, 0) is 52.5 Å². The molecule has 19 heteroatoms. The molecule has 8 aromatic carbocycles. The van der Waals surface area contributed by atoms with E-state index in [1.165, 1.54) is 23.0 Å². The maximum atomic E-state index is 13.3. The highest BCUT2D eigenvalue weighted by atomic mass is 32.2. The fourth-order valence-electron chi connectivity index (χ4n) is 11.2. The number of thioether (sulfide) groups is 1. The van der Waals surface area contributed by atoms with Crippen LogP contribution < -0.4 is 10.4 Å². The topological polar surface area (TPSA) is 223 Å². The van der Waals surface area contributed by atoms with Crippen LogP contribution in [0.3, 0.4) is 0 Å². The van der Waals surface area contributed by atoms with E-state index in [1.807, 2.05) is 85.6 Å². The van der Waals surface area contributed by atoms with Crippen LogP contribution in [0.2, 0.25) is 0 Å². The van der Waals surface area contributed by atoms with Crippen LogP contribution in [0, 0.1) is 0 Å². The fourth-order valence-corrected chi connectivity index (χ4v) is 17.2. The third-order valence-corrected chi connectivity index (χ3v) is 21.7. The number of aromatic nitrogens is 1. The standard InChI is InChI=1S/C24H23N3O5S.C14H12O3S.C14H10O3S.C14H10OS/c1-15(2)25-14-27(26-12-11-19(28)23(29)22(26)24(25)30)21-17-8-4-3-7-16(17)13-33(31,32)20-10-6-5-9-18(20)21;2*15-14-11-6-2-1-5-10(11)9-18(16,17)13-8-4-3-7-12(13)14;15-14-11-6-2-1-5-10(11)9-16-13-8-4-3-7-12(13)14/h3-12,15,21,29H,13-14H2,1-2H3;1-8,14-15H,9H2;1-8H,9H2;1-8H,9H2. The molecular weight excluding hydrogens is 1160 g/mol. The van der Waals surface area contributed by atoms with Gasteiger partial charge < -0.3 is 15.1 Å². The van der Waals surface area contributed by atoms with E-state index in [2.05, 4.69) is 0 Å². The van der Waals surface area contributed by atoms with Gasteiger partial charge >= 0.3 is 0 Å². The van der Waals surface area contributed by atoms with E-state index in [1.54, 1.807) is 138 Å². The smallest absolute Gasteiger partial charge is 0.278 e. The van der Waals surface area contributed by atoms with Crippen molar-refractivity contribution in [2.75, 3.05) is 11.7 Å². The van der Waals surface area contributed by atoms with Crippen molar-refractivity contribution in [3.63, 3.8) is 0 Å². The van der Waals surface area contributed by atoms with Gasteiger partial charge in [-0.2, -0.15) is 0 Å². The molecule has 0 bridgehead atoms. The Balaban J connectivity index is 0.000000124. The molecule has 6 heterocycles. The van der Waals surface area contributed by atoms with Crippen LogP contribution in [0.5, 0.6) is 5.75 Å². The molecule has 85 heavy (non-hydrogen) atoms. The lowest BCUT2D eigenvalue weighted by molar-refractivity contribution is 0.0620. The first kappa shape index (κ1) is 58.1. The van der Waals surface area contributed by atoms with Crippen LogP contribution >= 0.6 is 11.8 Å². The summed E-state index contributed by atoms with van der Waals surface area (Å²) in [5, 5.41) is 22.7. The number of nitrogens with zero attached hydrogens (tertiary/aromatic N) is 3. The van der Waals surface area contributed by atoms with Gasteiger partial charge in [-0.3, -0.25) is 28.9 Å². The minimum Gasteiger partial charge on any atom is -0.502 e. The van der Waals surface area contributed by atoms with Crippen LogP contribution in [0.15, 0.2) is 231 Å². The van der Waals surface area contributed by atoms with E-state index >= 15 is 0 Å². The number of ketones is 2. The van der Waals surface area contributed by atoms with Gasteiger partial charge in [-0.25, -0.2) is 25.3 Å². The maximum absolute atomic E-state index is 13.3. The summed E-state index contributed by atoms with van der Waals surface area (Å²) in [5.74, 6) is -0.597. The lowest BCUT2D eigenvalue weighted by atomic mass is 9.94. The number of hydrogen-bond acceptors (Lipinski definition) is 14. The first-order chi connectivity index (χ1) is 40.8. The predicted molar refractivity (Wildman–Crippen MR) is 323 cm³/mol. The normalized spacial score (nSPS) is 17.9. The molecule has 9 aromatic rings. The molecule has 5 aliphatic heterocycles. The van der Waals surface area contributed by atoms with Gasteiger partial charge in [0.05, 0.1) is 38.0 Å². The second-order valence-electron chi connectivity index (χ2n) is 21.0. The molecular formula is C66H55N3O12S4. The Kier molecular flexibility index (Phi) is 16.0. The molecule has 0 saturated heterocycles. The second-order valence-corrected chi connectivity index (χ2v) is 27.9. The second kappa shape index (κ2) is 23.4. The molecule has 430 valence electrons. The van der Waals surface area contributed by atoms with Crippen molar-refractivity contribution in [2.24, 2.45) is 0 Å². The summed E-state index contributed by atoms with van der Waals surface area (Å²) in [5.41, 5.74) is 7.17. The molecule has 0 fully saturated rings. The van der Waals surface area contributed by atoms with Crippen LogP contribution in [0.1, 0.15) is 113 Å². The van der Waals surface area contributed by atoms with Crippen LogP contribution in [0.4, 0.5) is 0 Å². The van der Waals surface area contributed by atoms with E-state index in [0.29, 0.717) is 38.9 Å². The number of pyridine rings is 1. The first-order valence-corrected chi connectivity index (χ1v) is 33.0. The quantitative estimate of drug-likeness (QED) is 0.164. The van der Waals surface area contributed by atoms with Crippen molar-refractivity contribution < 1.29 is 49.9 Å². The summed E-state index contributed by atoms with van der Waals surface area (Å²) in [6, 6.07) is 57.3. The minimum absolute atomic E-state index is 0.0583. The van der Waals surface area contributed by atoms with Gasteiger partial charge in [-0.15, -0.1) is 11.8 Å². The van der Waals surface area contributed by atoms with Gasteiger partial charge in [-0.05, 0) is 89.2 Å². The number of rotatable bonds is 2. The Morgan fingerprint density at radius 2 is 0.906 bits per heavy atom. The molecule has 0 aliphatic carbocycles. The third kappa shape index (κ3) is 11.2. The van der Waals surface area contributed by atoms with E-state index in [4.69, 9.17) is 0 Å². The van der Waals surface area contributed by atoms with Crippen LogP contribution in [-0.4, -0.2) is 75.2 Å². The Labute approximate surface area is 496 Å². The Morgan fingerprint density at radius 1 is 0.471 bits per heavy atom. The largest absolute Gasteiger partial charge is 0.502 e. The number of benzene rings is 8. The number of sulfone groups is 3. The predicted octanol–water partition coefficient (Wildman–Crippen LogP) is 10.2. The summed E-state index contributed by atoms with van der Waals surface area (Å²) < 4.78 is 77.1. The average Bonchev–Trinajstić information content (AvgIpc) is 2.01. The molecule has 2 N–H and O–H groups in total. The van der Waals surface area contributed by atoms with Gasteiger partial charge in [0.1, 0.15) is 12.8 Å². The number of aliphatic hydroxyl groups excluding tert-OH is 1. The van der Waals surface area contributed by atoms with E-state index < -0.39 is 58.7 Å². The highest BCUT2D eigenvalue weighted by molar-refractivity contribution is 7.98. The summed E-state index contributed by atoms with van der Waals surface area (Å²) in [6.07, 6.45) is 0.576. The van der Waals surface area contributed by atoms with Crippen molar-refractivity contribution in [2.45, 2.75) is 74.6 Å².